The third kappa shape index (κ3) is 3.82. The molecular weight excluding hydrogens is 645 g/mol. The Labute approximate surface area is 305 Å². The summed E-state index contributed by atoms with van der Waals surface area (Å²) >= 11 is 0. The van der Waals surface area contributed by atoms with Gasteiger partial charge in [0, 0.05) is 32.3 Å². The van der Waals surface area contributed by atoms with E-state index in [9.17, 15) is 0 Å². The summed E-state index contributed by atoms with van der Waals surface area (Å²) < 4.78 is 13.3. The van der Waals surface area contributed by atoms with Gasteiger partial charge in [0.2, 0.25) is 0 Å². The zero-order chi connectivity index (χ0) is 35.0. The van der Waals surface area contributed by atoms with Crippen LogP contribution in [-0.2, 0) is 5.41 Å². The summed E-state index contributed by atoms with van der Waals surface area (Å²) in [6.45, 7) is 4.69. The molecule has 11 aromatic rings. The van der Waals surface area contributed by atoms with E-state index in [-0.39, 0.29) is 5.41 Å². The summed E-state index contributed by atoms with van der Waals surface area (Å²) in [4.78, 5) is 0. The van der Waals surface area contributed by atoms with Crippen molar-refractivity contribution in [2.24, 2.45) is 0 Å². The van der Waals surface area contributed by atoms with Crippen LogP contribution in [0.25, 0.3) is 110 Å². The quantitative estimate of drug-likeness (QED) is 0.170. The first kappa shape index (κ1) is 29.0. The van der Waals surface area contributed by atoms with Gasteiger partial charge in [-0.15, -0.1) is 0 Å². The molecule has 0 saturated heterocycles. The number of benzene rings is 9. The van der Waals surface area contributed by atoms with Gasteiger partial charge in [-0.2, -0.15) is 0 Å². The molecule has 12 rings (SSSR count). The van der Waals surface area contributed by atoms with Crippen LogP contribution >= 0.6 is 0 Å². The van der Waals surface area contributed by atoms with E-state index in [1.807, 2.05) is 0 Å². The van der Waals surface area contributed by atoms with Gasteiger partial charge in [-0.1, -0.05) is 135 Å². The second-order valence-corrected chi connectivity index (χ2v) is 15.2. The minimum Gasteiger partial charge on any atom is -0.452 e. The Morgan fingerprint density at radius 2 is 0.887 bits per heavy atom. The van der Waals surface area contributed by atoms with E-state index in [1.165, 1.54) is 71.4 Å². The Morgan fingerprint density at radius 3 is 1.62 bits per heavy atom. The molecule has 0 saturated carbocycles. The van der Waals surface area contributed by atoms with Crippen molar-refractivity contribution in [1.82, 2.24) is 0 Å². The van der Waals surface area contributed by atoms with E-state index in [0.717, 1.165) is 49.3 Å². The zero-order valence-corrected chi connectivity index (χ0v) is 29.3. The smallest absolute Gasteiger partial charge is 0.178 e. The average molecular weight is 677 g/mol. The van der Waals surface area contributed by atoms with Crippen molar-refractivity contribution in [1.29, 1.82) is 0 Å². The van der Waals surface area contributed by atoms with Crippen molar-refractivity contribution in [2.75, 3.05) is 0 Å². The molecule has 1 aliphatic rings. The van der Waals surface area contributed by atoms with Crippen LogP contribution in [0.5, 0.6) is 0 Å². The van der Waals surface area contributed by atoms with Crippen molar-refractivity contribution >= 4 is 76.2 Å². The number of rotatable bonds is 2. The van der Waals surface area contributed by atoms with Gasteiger partial charge in [0.15, 0.2) is 11.2 Å². The highest BCUT2D eigenvalue weighted by Crippen LogP contribution is 2.51. The molecule has 2 aromatic heterocycles. The van der Waals surface area contributed by atoms with E-state index in [4.69, 9.17) is 8.83 Å². The van der Waals surface area contributed by atoms with E-state index in [2.05, 4.69) is 172 Å². The lowest BCUT2D eigenvalue weighted by molar-refractivity contribution is 0.635. The predicted molar refractivity (Wildman–Crippen MR) is 222 cm³/mol. The lowest BCUT2D eigenvalue weighted by Gasteiger charge is -2.22. The summed E-state index contributed by atoms with van der Waals surface area (Å²) in [6, 6.07) is 57.6. The molecule has 0 unspecified atom stereocenters. The molecule has 248 valence electrons. The standard InChI is InChI=1S/C51H32O2/c1-51(2)43-18-10-9-13-33(43)41-27-30(20-25-44(41)51)46-34-14-5-7-16-36(34)47(37-17-8-6-15-35(37)46)31-21-26-45-42(28-31)40-24-23-39-38-22-19-29-11-3-4-12-32(29)48(38)53-50(39)49(40)52-45/h3-28H,1-2H3. The Morgan fingerprint density at radius 1 is 0.358 bits per heavy atom. The Kier molecular flexibility index (Phi) is 5.60. The summed E-state index contributed by atoms with van der Waals surface area (Å²) in [5.74, 6) is 0. The first-order chi connectivity index (χ1) is 26.0. The van der Waals surface area contributed by atoms with Crippen LogP contribution in [-0.4, -0.2) is 0 Å². The van der Waals surface area contributed by atoms with Gasteiger partial charge in [0.25, 0.3) is 0 Å². The summed E-state index contributed by atoms with van der Waals surface area (Å²) in [6.07, 6.45) is 0. The van der Waals surface area contributed by atoms with Gasteiger partial charge in [-0.05, 0) is 108 Å². The van der Waals surface area contributed by atoms with Crippen LogP contribution < -0.4 is 0 Å². The maximum Gasteiger partial charge on any atom is 0.178 e. The maximum atomic E-state index is 6.66. The average Bonchev–Trinajstić information content (AvgIpc) is 3.84. The highest BCUT2D eigenvalue weighted by molar-refractivity contribution is 6.24. The maximum absolute atomic E-state index is 6.66. The summed E-state index contributed by atoms with van der Waals surface area (Å²) in [5.41, 5.74) is 13.7. The van der Waals surface area contributed by atoms with Gasteiger partial charge < -0.3 is 8.83 Å². The van der Waals surface area contributed by atoms with Crippen molar-refractivity contribution in [3.05, 3.63) is 169 Å². The number of furan rings is 2. The largest absolute Gasteiger partial charge is 0.452 e. The van der Waals surface area contributed by atoms with E-state index in [0.29, 0.717) is 0 Å². The summed E-state index contributed by atoms with van der Waals surface area (Å²) in [7, 11) is 0. The van der Waals surface area contributed by atoms with Gasteiger partial charge in [0.1, 0.15) is 11.2 Å². The minimum atomic E-state index is -0.0289. The van der Waals surface area contributed by atoms with Gasteiger partial charge >= 0.3 is 0 Å². The second-order valence-electron chi connectivity index (χ2n) is 15.2. The van der Waals surface area contributed by atoms with Crippen LogP contribution in [0.1, 0.15) is 25.0 Å². The topological polar surface area (TPSA) is 26.3 Å². The van der Waals surface area contributed by atoms with Crippen LogP contribution in [0.3, 0.4) is 0 Å². The zero-order valence-electron chi connectivity index (χ0n) is 29.3. The van der Waals surface area contributed by atoms with Crippen LogP contribution in [0.15, 0.2) is 167 Å². The fourth-order valence-electron chi connectivity index (χ4n) is 9.58. The molecule has 9 aromatic carbocycles. The molecule has 0 bridgehead atoms. The van der Waals surface area contributed by atoms with Crippen molar-refractivity contribution in [3.8, 4) is 33.4 Å². The fourth-order valence-corrected chi connectivity index (χ4v) is 9.58. The van der Waals surface area contributed by atoms with Crippen molar-refractivity contribution in [3.63, 3.8) is 0 Å². The first-order valence-electron chi connectivity index (χ1n) is 18.4. The van der Waals surface area contributed by atoms with Crippen LogP contribution in [0.2, 0.25) is 0 Å². The van der Waals surface area contributed by atoms with E-state index in [1.54, 1.807) is 0 Å². The van der Waals surface area contributed by atoms with Gasteiger partial charge in [-0.25, -0.2) is 0 Å². The fraction of sp³-hybridized carbons (Fsp3) is 0.0588. The highest BCUT2D eigenvalue weighted by atomic mass is 16.4. The lowest BCUT2D eigenvalue weighted by atomic mass is 9.81. The molecule has 0 fully saturated rings. The molecule has 2 heterocycles. The van der Waals surface area contributed by atoms with Gasteiger partial charge in [-0.3, -0.25) is 0 Å². The monoisotopic (exact) mass is 676 g/mol. The van der Waals surface area contributed by atoms with Crippen molar-refractivity contribution in [2.45, 2.75) is 19.3 Å². The number of fused-ring (bicyclic) bond motifs is 14. The predicted octanol–water partition coefficient (Wildman–Crippen LogP) is 14.6. The first-order valence-corrected chi connectivity index (χ1v) is 18.4. The van der Waals surface area contributed by atoms with Gasteiger partial charge in [0.05, 0.1) is 0 Å². The highest BCUT2D eigenvalue weighted by Gasteiger charge is 2.35. The Bertz CT molecular complexity index is 3310. The molecule has 53 heavy (non-hydrogen) atoms. The lowest BCUT2D eigenvalue weighted by Crippen LogP contribution is -2.14. The molecule has 2 heteroatoms. The normalized spacial score (nSPS) is 13.6. The molecular formula is C51H32O2. The molecule has 1 aliphatic carbocycles. The van der Waals surface area contributed by atoms with Crippen molar-refractivity contribution < 1.29 is 8.83 Å². The number of hydrogen-bond donors (Lipinski definition) is 0. The third-order valence-electron chi connectivity index (χ3n) is 12.1. The number of hydrogen-bond acceptors (Lipinski definition) is 2. The molecule has 2 nitrogen and oxygen atoms in total. The second kappa shape index (κ2) is 10.2. The Hall–Kier alpha value is -6.64. The third-order valence-corrected chi connectivity index (χ3v) is 12.1. The minimum absolute atomic E-state index is 0.0289. The SMILES string of the molecule is CC1(C)c2ccccc2-c2cc(-c3c4ccccc4c(-c4ccc5oc6c(ccc7c8ccc9ccccc9c8oc76)c5c4)c4ccccc34)ccc21. The van der Waals surface area contributed by atoms with Crippen LogP contribution in [0, 0.1) is 0 Å². The molecule has 0 radical (unpaired) electrons. The van der Waals surface area contributed by atoms with E-state index < -0.39 is 0 Å². The molecule has 0 amide bonds. The molecule has 0 atom stereocenters. The Balaban J connectivity index is 1.09. The molecule has 0 spiro atoms. The summed E-state index contributed by atoms with van der Waals surface area (Å²) in [5, 5.41) is 11.6. The van der Waals surface area contributed by atoms with E-state index >= 15 is 0 Å². The molecule has 0 N–H and O–H groups in total. The van der Waals surface area contributed by atoms with Crippen LogP contribution in [0.4, 0.5) is 0 Å². The molecule has 0 aliphatic heterocycles.